The first-order chi connectivity index (χ1) is 15.5. The highest BCUT2D eigenvalue weighted by molar-refractivity contribution is 7.89. The number of hydrogen-bond acceptors (Lipinski definition) is 5. The van der Waals surface area contributed by atoms with Crippen LogP contribution in [0.5, 0.6) is 0 Å². The number of pyridine rings is 1. The van der Waals surface area contributed by atoms with Crippen LogP contribution in [0.25, 0.3) is 10.8 Å². The van der Waals surface area contributed by atoms with Gasteiger partial charge >= 0.3 is 0 Å². The van der Waals surface area contributed by atoms with Crippen molar-refractivity contribution in [2.75, 3.05) is 29.9 Å². The molecule has 32 heavy (non-hydrogen) atoms. The lowest BCUT2D eigenvalue weighted by atomic mass is 10.0. The number of rotatable bonds is 7. The Morgan fingerprint density at radius 2 is 1.91 bits per heavy atom. The quantitative estimate of drug-likeness (QED) is 0.532. The molecule has 0 bridgehead atoms. The molecule has 0 unspecified atom stereocenters. The summed E-state index contributed by atoms with van der Waals surface area (Å²) in [6.07, 6.45) is 8.56. The lowest BCUT2D eigenvalue weighted by Crippen LogP contribution is -2.29. The van der Waals surface area contributed by atoms with Crippen LogP contribution in [0.1, 0.15) is 29.6 Å². The van der Waals surface area contributed by atoms with Crippen LogP contribution in [0.2, 0.25) is 0 Å². The molecule has 1 aromatic heterocycles. The van der Waals surface area contributed by atoms with Crippen molar-refractivity contribution in [1.29, 1.82) is 0 Å². The molecule has 0 atom stereocenters. The standard InChI is InChI=1S/C24H26N4O3S/c1-2-12-26-32(30,31)19-8-6-7-18(16-19)24(29)27-22-9-10-23(28-14-4-3-5-15-28)20-11-13-25-17-21(20)22/h2,6-11,13,16-17,26H,1,3-5,12,14-15H2,(H,27,29). The maximum atomic E-state index is 13.0. The van der Waals surface area contributed by atoms with Gasteiger partial charge in [0.25, 0.3) is 5.91 Å². The number of anilines is 2. The minimum absolute atomic E-state index is 0.0268. The van der Waals surface area contributed by atoms with Gasteiger partial charge in [0.2, 0.25) is 10.0 Å². The van der Waals surface area contributed by atoms with E-state index in [9.17, 15) is 13.2 Å². The van der Waals surface area contributed by atoms with E-state index in [1.54, 1.807) is 24.5 Å². The van der Waals surface area contributed by atoms with Crippen LogP contribution in [0.15, 0.2) is 72.4 Å². The normalized spacial score (nSPS) is 14.3. The number of sulfonamides is 1. The molecular formula is C24H26N4O3S. The van der Waals surface area contributed by atoms with Crippen molar-refractivity contribution in [2.45, 2.75) is 24.2 Å². The molecule has 8 heteroatoms. The number of aromatic nitrogens is 1. The predicted octanol–water partition coefficient (Wildman–Crippen LogP) is 3.94. The minimum Gasteiger partial charge on any atom is -0.371 e. The van der Waals surface area contributed by atoms with Gasteiger partial charge in [0, 0.05) is 54.1 Å². The topological polar surface area (TPSA) is 91.4 Å². The molecule has 166 valence electrons. The van der Waals surface area contributed by atoms with Crippen molar-refractivity contribution in [1.82, 2.24) is 9.71 Å². The van der Waals surface area contributed by atoms with Gasteiger partial charge in [-0.3, -0.25) is 9.78 Å². The Morgan fingerprint density at radius 3 is 2.69 bits per heavy atom. The second kappa shape index (κ2) is 9.50. The predicted molar refractivity (Wildman–Crippen MR) is 128 cm³/mol. The first kappa shape index (κ1) is 22.0. The van der Waals surface area contributed by atoms with Crippen LogP contribution in [-0.4, -0.2) is 38.9 Å². The summed E-state index contributed by atoms with van der Waals surface area (Å²) in [5, 5.41) is 4.80. The molecule has 7 nitrogen and oxygen atoms in total. The highest BCUT2D eigenvalue weighted by atomic mass is 32.2. The molecule has 1 fully saturated rings. The average Bonchev–Trinajstić information content (AvgIpc) is 2.83. The molecule has 1 amide bonds. The minimum atomic E-state index is -3.72. The van der Waals surface area contributed by atoms with E-state index in [1.165, 1.54) is 37.5 Å². The second-order valence-electron chi connectivity index (χ2n) is 7.72. The van der Waals surface area contributed by atoms with E-state index in [2.05, 4.69) is 26.5 Å². The summed E-state index contributed by atoms with van der Waals surface area (Å²) in [6.45, 7) is 5.66. The first-order valence-electron chi connectivity index (χ1n) is 10.6. The maximum absolute atomic E-state index is 13.0. The van der Waals surface area contributed by atoms with Crippen LogP contribution >= 0.6 is 0 Å². The highest BCUT2D eigenvalue weighted by Crippen LogP contribution is 2.33. The van der Waals surface area contributed by atoms with Crippen molar-refractivity contribution in [2.24, 2.45) is 0 Å². The van der Waals surface area contributed by atoms with Crippen molar-refractivity contribution in [3.8, 4) is 0 Å². The number of fused-ring (bicyclic) bond motifs is 1. The number of hydrogen-bond donors (Lipinski definition) is 2. The number of nitrogens with zero attached hydrogens (tertiary/aromatic N) is 2. The Kier molecular flexibility index (Phi) is 6.53. The lowest BCUT2D eigenvalue weighted by molar-refractivity contribution is 0.102. The molecule has 1 saturated heterocycles. The molecular weight excluding hydrogens is 424 g/mol. The Bertz CT molecular complexity index is 1250. The van der Waals surface area contributed by atoms with Crippen LogP contribution < -0.4 is 14.9 Å². The molecule has 2 aromatic carbocycles. The molecule has 0 radical (unpaired) electrons. The summed E-state index contributed by atoms with van der Waals surface area (Å²) >= 11 is 0. The number of nitrogens with one attached hydrogen (secondary N) is 2. The second-order valence-corrected chi connectivity index (χ2v) is 9.49. The van der Waals surface area contributed by atoms with E-state index in [0.717, 1.165) is 29.5 Å². The van der Waals surface area contributed by atoms with Gasteiger partial charge in [-0.2, -0.15) is 0 Å². The van der Waals surface area contributed by atoms with Gasteiger partial charge in [-0.25, -0.2) is 13.1 Å². The number of benzene rings is 2. The Morgan fingerprint density at radius 1 is 1.09 bits per heavy atom. The third kappa shape index (κ3) is 4.66. The van der Waals surface area contributed by atoms with E-state index in [0.29, 0.717) is 5.69 Å². The fourth-order valence-corrected chi connectivity index (χ4v) is 4.99. The van der Waals surface area contributed by atoms with Crippen LogP contribution in [0, 0.1) is 0 Å². The van der Waals surface area contributed by atoms with Gasteiger partial charge in [-0.1, -0.05) is 12.1 Å². The van der Waals surface area contributed by atoms with Gasteiger partial charge in [-0.15, -0.1) is 6.58 Å². The monoisotopic (exact) mass is 450 g/mol. The smallest absolute Gasteiger partial charge is 0.255 e. The summed E-state index contributed by atoms with van der Waals surface area (Å²) in [7, 11) is -3.72. The van der Waals surface area contributed by atoms with Crippen molar-refractivity contribution < 1.29 is 13.2 Å². The largest absolute Gasteiger partial charge is 0.371 e. The third-order valence-electron chi connectivity index (χ3n) is 5.56. The number of piperidine rings is 1. The van der Waals surface area contributed by atoms with Gasteiger partial charge in [0.05, 0.1) is 10.6 Å². The van der Waals surface area contributed by atoms with E-state index in [-0.39, 0.29) is 22.9 Å². The fourth-order valence-electron chi connectivity index (χ4n) is 3.94. The molecule has 1 aliphatic rings. The zero-order chi connectivity index (χ0) is 22.6. The Labute approximate surface area is 188 Å². The van der Waals surface area contributed by atoms with E-state index >= 15 is 0 Å². The first-order valence-corrected chi connectivity index (χ1v) is 12.1. The van der Waals surface area contributed by atoms with Gasteiger partial charge in [0.15, 0.2) is 0 Å². The Hall–Kier alpha value is -3.23. The third-order valence-corrected chi connectivity index (χ3v) is 6.99. The number of carbonyl (C=O) groups excluding carboxylic acids is 1. The van der Waals surface area contributed by atoms with Crippen molar-refractivity contribution in [3.63, 3.8) is 0 Å². The molecule has 1 aliphatic heterocycles. The van der Waals surface area contributed by atoms with E-state index in [1.807, 2.05) is 18.2 Å². The van der Waals surface area contributed by atoms with Crippen LogP contribution in [0.3, 0.4) is 0 Å². The van der Waals surface area contributed by atoms with Crippen LogP contribution in [-0.2, 0) is 10.0 Å². The van der Waals surface area contributed by atoms with Crippen LogP contribution in [0.4, 0.5) is 11.4 Å². The fraction of sp³-hybridized carbons (Fsp3) is 0.250. The van der Waals surface area contributed by atoms with Gasteiger partial charge in [0.1, 0.15) is 0 Å². The molecule has 2 heterocycles. The molecule has 4 rings (SSSR count). The van der Waals surface area contributed by atoms with Gasteiger partial charge in [-0.05, 0) is 55.7 Å². The molecule has 0 aliphatic carbocycles. The molecule has 3 aromatic rings. The molecule has 0 spiro atoms. The summed E-state index contributed by atoms with van der Waals surface area (Å²) in [5.41, 5.74) is 2.03. The maximum Gasteiger partial charge on any atom is 0.255 e. The number of carbonyl (C=O) groups is 1. The molecule has 0 saturated carbocycles. The lowest BCUT2D eigenvalue weighted by Gasteiger charge is -2.30. The summed E-state index contributed by atoms with van der Waals surface area (Å²) < 4.78 is 27.2. The van der Waals surface area contributed by atoms with Crippen molar-refractivity contribution >= 4 is 38.1 Å². The number of amides is 1. The SMILES string of the molecule is C=CCNS(=O)(=O)c1cccc(C(=O)Nc2ccc(N3CCCCC3)c3ccncc23)c1. The van der Waals surface area contributed by atoms with E-state index < -0.39 is 10.0 Å². The Balaban J connectivity index is 1.62. The van der Waals surface area contributed by atoms with E-state index in [4.69, 9.17) is 0 Å². The van der Waals surface area contributed by atoms with Crippen molar-refractivity contribution in [3.05, 3.63) is 73.1 Å². The molecule has 2 N–H and O–H groups in total. The zero-order valence-electron chi connectivity index (χ0n) is 17.8. The van der Waals surface area contributed by atoms with Gasteiger partial charge < -0.3 is 10.2 Å². The summed E-state index contributed by atoms with van der Waals surface area (Å²) in [4.78, 5) is 19.6. The average molecular weight is 451 g/mol. The summed E-state index contributed by atoms with van der Waals surface area (Å²) in [5.74, 6) is -0.387. The zero-order valence-corrected chi connectivity index (χ0v) is 18.6. The summed E-state index contributed by atoms with van der Waals surface area (Å²) in [6, 6.07) is 11.8. The highest BCUT2D eigenvalue weighted by Gasteiger charge is 2.18.